The lowest BCUT2D eigenvalue weighted by Crippen LogP contribution is -2.13. The normalized spacial score (nSPS) is 10.0. The number of benzene rings is 1. The van der Waals surface area contributed by atoms with E-state index in [0.29, 0.717) is 23.4 Å². The lowest BCUT2D eigenvalue weighted by Gasteiger charge is -2.08. The molecule has 1 aromatic carbocycles. The van der Waals surface area contributed by atoms with Crippen LogP contribution in [0.5, 0.6) is 0 Å². The van der Waals surface area contributed by atoms with Crippen LogP contribution in [0.4, 0.5) is 11.4 Å². The number of nitrogens with zero attached hydrogens (tertiary/aromatic N) is 1. The van der Waals surface area contributed by atoms with Gasteiger partial charge in [-0.15, -0.1) is 0 Å². The Bertz CT molecular complexity index is 656. The van der Waals surface area contributed by atoms with Crippen LogP contribution in [-0.4, -0.2) is 16.8 Å². The van der Waals surface area contributed by atoms with E-state index in [9.17, 15) is 9.59 Å². The average Bonchev–Trinajstić information content (AvgIpc) is 2.49. The van der Waals surface area contributed by atoms with E-state index in [1.807, 2.05) is 0 Å². The molecule has 0 saturated carbocycles. The molecule has 2 aromatic rings. The van der Waals surface area contributed by atoms with Gasteiger partial charge in [-0.2, -0.15) is 0 Å². The second-order valence-corrected chi connectivity index (χ2v) is 4.63. The van der Waals surface area contributed by atoms with Crippen molar-refractivity contribution in [1.82, 2.24) is 4.98 Å². The van der Waals surface area contributed by atoms with Crippen LogP contribution in [0.15, 0.2) is 42.6 Å². The number of rotatable bonds is 4. The number of hydrogen-bond acceptors (Lipinski definition) is 3. The van der Waals surface area contributed by atoms with Gasteiger partial charge in [-0.05, 0) is 36.4 Å². The fraction of sp³-hybridized carbons (Fsp3) is 0.133. The van der Waals surface area contributed by atoms with Gasteiger partial charge in [0.15, 0.2) is 0 Å². The lowest BCUT2D eigenvalue weighted by molar-refractivity contribution is -0.115. The molecule has 0 atom stereocenters. The summed E-state index contributed by atoms with van der Waals surface area (Å²) in [5.74, 6) is -0.396. The molecule has 0 aliphatic heterocycles. The van der Waals surface area contributed by atoms with Crippen molar-refractivity contribution in [3.05, 3.63) is 53.3 Å². The zero-order valence-electron chi connectivity index (χ0n) is 11.4. The Labute approximate surface area is 127 Å². The monoisotopic (exact) mass is 303 g/mol. The third kappa shape index (κ3) is 4.03. The first-order valence-corrected chi connectivity index (χ1v) is 6.79. The van der Waals surface area contributed by atoms with Crippen molar-refractivity contribution < 1.29 is 9.59 Å². The SMILES string of the molecule is CCC(=O)Nc1ccc(NC(=O)c2cccnc2Cl)cc1. The van der Waals surface area contributed by atoms with Crippen molar-refractivity contribution in [1.29, 1.82) is 0 Å². The zero-order valence-corrected chi connectivity index (χ0v) is 12.1. The summed E-state index contributed by atoms with van der Waals surface area (Å²) in [6, 6.07) is 10.1. The summed E-state index contributed by atoms with van der Waals surface area (Å²) in [5.41, 5.74) is 1.59. The van der Waals surface area contributed by atoms with E-state index in [1.54, 1.807) is 43.3 Å². The quantitative estimate of drug-likeness (QED) is 0.851. The van der Waals surface area contributed by atoms with E-state index >= 15 is 0 Å². The van der Waals surface area contributed by atoms with Gasteiger partial charge in [-0.3, -0.25) is 9.59 Å². The minimum absolute atomic E-state index is 0.0612. The molecule has 21 heavy (non-hydrogen) atoms. The zero-order chi connectivity index (χ0) is 15.2. The van der Waals surface area contributed by atoms with E-state index in [1.165, 1.54) is 6.20 Å². The first-order chi connectivity index (χ1) is 10.1. The van der Waals surface area contributed by atoms with Crippen LogP contribution in [-0.2, 0) is 4.79 Å². The first kappa shape index (κ1) is 15.0. The molecule has 0 radical (unpaired) electrons. The van der Waals surface area contributed by atoms with Crippen LogP contribution in [0.3, 0.4) is 0 Å². The van der Waals surface area contributed by atoms with Crippen LogP contribution in [0.25, 0.3) is 0 Å². The molecule has 0 aliphatic rings. The molecule has 5 nitrogen and oxygen atoms in total. The Hall–Kier alpha value is -2.40. The highest BCUT2D eigenvalue weighted by molar-refractivity contribution is 6.33. The molecule has 108 valence electrons. The largest absolute Gasteiger partial charge is 0.326 e. The lowest BCUT2D eigenvalue weighted by atomic mass is 10.2. The smallest absolute Gasteiger partial charge is 0.258 e. The Kier molecular flexibility index (Phi) is 4.90. The summed E-state index contributed by atoms with van der Waals surface area (Å²) in [6.45, 7) is 1.78. The number of carbonyl (C=O) groups excluding carboxylic acids is 2. The van der Waals surface area contributed by atoms with Crippen LogP contribution in [0.1, 0.15) is 23.7 Å². The molecule has 0 spiro atoms. The Balaban J connectivity index is 2.05. The second-order valence-electron chi connectivity index (χ2n) is 4.27. The van der Waals surface area contributed by atoms with Gasteiger partial charge in [0, 0.05) is 24.0 Å². The van der Waals surface area contributed by atoms with Gasteiger partial charge in [-0.25, -0.2) is 4.98 Å². The summed E-state index contributed by atoms with van der Waals surface area (Å²) in [7, 11) is 0. The van der Waals surface area contributed by atoms with Gasteiger partial charge in [0.25, 0.3) is 5.91 Å². The van der Waals surface area contributed by atoms with E-state index in [2.05, 4.69) is 15.6 Å². The average molecular weight is 304 g/mol. The number of carbonyl (C=O) groups is 2. The van der Waals surface area contributed by atoms with Crippen molar-refractivity contribution in [2.45, 2.75) is 13.3 Å². The van der Waals surface area contributed by atoms with Crippen molar-refractivity contribution >= 4 is 34.8 Å². The maximum atomic E-state index is 12.0. The predicted molar refractivity (Wildman–Crippen MR) is 82.6 cm³/mol. The van der Waals surface area contributed by atoms with Crippen molar-refractivity contribution in [2.24, 2.45) is 0 Å². The highest BCUT2D eigenvalue weighted by atomic mass is 35.5. The maximum Gasteiger partial charge on any atom is 0.258 e. The van der Waals surface area contributed by atoms with E-state index in [0.717, 1.165) is 0 Å². The molecule has 0 fully saturated rings. The topological polar surface area (TPSA) is 71.1 Å². The Morgan fingerprint density at radius 2 is 1.71 bits per heavy atom. The third-order valence-corrected chi connectivity index (χ3v) is 3.05. The predicted octanol–water partition coefficient (Wildman–Crippen LogP) is 3.34. The summed E-state index contributed by atoms with van der Waals surface area (Å²) in [5, 5.41) is 5.60. The Morgan fingerprint density at radius 3 is 2.29 bits per heavy atom. The standard InChI is InChI=1S/C15H14ClN3O2/c1-2-13(20)18-10-5-7-11(8-6-10)19-15(21)12-4-3-9-17-14(12)16/h3-9H,2H2,1H3,(H,18,20)(H,19,21). The molecule has 0 bridgehead atoms. The van der Waals surface area contributed by atoms with Crippen molar-refractivity contribution in [3.63, 3.8) is 0 Å². The highest BCUT2D eigenvalue weighted by Gasteiger charge is 2.10. The number of halogens is 1. The van der Waals surface area contributed by atoms with E-state index in [-0.39, 0.29) is 17.0 Å². The van der Waals surface area contributed by atoms with Crippen LogP contribution in [0.2, 0.25) is 5.15 Å². The van der Waals surface area contributed by atoms with Gasteiger partial charge < -0.3 is 10.6 Å². The van der Waals surface area contributed by atoms with Gasteiger partial charge in [-0.1, -0.05) is 18.5 Å². The molecule has 2 N–H and O–H groups in total. The maximum absolute atomic E-state index is 12.0. The molecular formula is C15H14ClN3O2. The molecule has 0 aliphatic carbocycles. The highest BCUT2D eigenvalue weighted by Crippen LogP contribution is 2.17. The third-order valence-electron chi connectivity index (χ3n) is 2.75. The minimum Gasteiger partial charge on any atom is -0.326 e. The van der Waals surface area contributed by atoms with Gasteiger partial charge in [0.2, 0.25) is 5.91 Å². The molecule has 6 heteroatoms. The van der Waals surface area contributed by atoms with Crippen LogP contribution < -0.4 is 10.6 Å². The number of hydrogen-bond donors (Lipinski definition) is 2. The minimum atomic E-state index is -0.335. The molecule has 2 amide bonds. The van der Waals surface area contributed by atoms with Gasteiger partial charge in [0.05, 0.1) is 5.56 Å². The molecule has 0 saturated heterocycles. The molecule has 1 aromatic heterocycles. The Morgan fingerprint density at radius 1 is 1.10 bits per heavy atom. The fourth-order valence-corrected chi connectivity index (χ4v) is 1.85. The summed E-state index contributed by atoms with van der Waals surface area (Å²) in [4.78, 5) is 27.2. The number of nitrogens with one attached hydrogen (secondary N) is 2. The number of pyridine rings is 1. The number of anilines is 2. The van der Waals surface area contributed by atoms with Gasteiger partial charge in [0.1, 0.15) is 5.15 Å². The van der Waals surface area contributed by atoms with Crippen molar-refractivity contribution in [2.75, 3.05) is 10.6 Å². The first-order valence-electron chi connectivity index (χ1n) is 6.42. The van der Waals surface area contributed by atoms with Gasteiger partial charge >= 0.3 is 0 Å². The second kappa shape index (κ2) is 6.85. The molecule has 0 unspecified atom stereocenters. The molecular weight excluding hydrogens is 290 g/mol. The molecule has 1 heterocycles. The van der Waals surface area contributed by atoms with E-state index in [4.69, 9.17) is 11.6 Å². The summed E-state index contributed by atoms with van der Waals surface area (Å²) >= 11 is 5.86. The van der Waals surface area contributed by atoms with Crippen LogP contribution >= 0.6 is 11.6 Å². The summed E-state index contributed by atoms with van der Waals surface area (Å²) in [6.07, 6.45) is 1.93. The molecule has 2 rings (SSSR count). The summed E-state index contributed by atoms with van der Waals surface area (Å²) < 4.78 is 0. The van der Waals surface area contributed by atoms with E-state index < -0.39 is 0 Å². The van der Waals surface area contributed by atoms with Crippen molar-refractivity contribution in [3.8, 4) is 0 Å². The van der Waals surface area contributed by atoms with Crippen LogP contribution in [0, 0.1) is 0 Å². The fourth-order valence-electron chi connectivity index (χ4n) is 1.64. The number of aromatic nitrogens is 1. The number of amides is 2.